The zero-order chi connectivity index (χ0) is 15.9. The van der Waals surface area contributed by atoms with Gasteiger partial charge in [0.25, 0.3) is 11.8 Å². The quantitative estimate of drug-likeness (QED) is 0.810. The Morgan fingerprint density at radius 2 is 1.73 bits per heavy atom. The SMILES string of the molecule is COc1ccc2c3c(cccc13)C(=O)N(CCN(C)C)C2=O. The number of carbonyl (C=O) groups is 2. The van der Waals surface area contributed by atoms with Crippen LogP contribution in [0.4, 0.5) is 0 Å². The minimum atomic E-state index is -0.238. The Hall–Kier alpha value is -2.40. The minimum Gasteiger partial charge on any atom is -0.496 e. The first kappa shape index (κ1) is 14.5. The first-order chi connectivity index (χ1) is 10.5. The third-order valence-electron chi connectivity index (χ3n) is 3.94. The van der Waals surface area contributed by atoms with Gasteiger partial charge >= 0.3 is 0 Å². The number of hydrogen-bond donors (Lipinski definition) is 0. The van der Waals surface area contributed by atoms with Crippen LogP contribution in [0.25, 0.3) is 10.8 Å². The standard InChI is InChI=1S/C17H18N2O3/c1-18(2)9-10-19-16(20)12-6-4-5-11-14(22-3)8-7-13(15(11)12)17(19)21/h4-8H,9-10H2,1-3H3. The Balaban J connectivity index is 2.15. The zero-order valence-corrected chi connectivity index (χ0v) is 12.9. The highest BCUT2D eigenvalue weighted by atomic mass is 16.5. The van der Waals surface area contributed by atoms with E-state index in [9.17, 15) is 9.59 Å². The summed E-state index contributed by atoms with van der Waals surface area (Å²) in [5.74, 6) is 0.194. The van der Waals surface area contributed by atoms with Gasteiger partial charge in [0, 0.05) is 35.0 Å². The maximum Gasteiger partial charge on any atom is 0.261 e. The number of ether oxygens (including phenoxy) is 1. The van der Waals surface area contributed by atoms with Gasteiger partial charge in [-0.1, -0.05) is 12.1 Å². The molecule has 0 saturated carbocycles. The largest absolute Gasteiger partial charge is 0.496 e. The highest BCUT2D eigenvalue weighted by Crippen LogP contribution is 2.35. The van der Waals surface area contributed by atoms with E-state index in [2.05, 4.69) is 0 Å². The molecule has 0 aliphatic carbocycles. The Morgan fingerprint density at radius 1 is 1.05 bits per heavy atom. The van der Waals surface area contributed by atoms with Crippen molar-refractivity contribution in [1.82, 2.24) is 9.80 Å². The molecule has 5 heteroatoms. The Labute approximate surface area is 129 Å². The van der Waals surface area contributed by atoms with Crippen LogP contribution in [-0.4, -0.2) is 55.9 Å². The minimum absolute atomic E-state index is 0.238. The lowest BCUT2D eigenvalue weighted by atomic mass is 9.93. The molecule has 0 atom stereocenters. The topological polar surface area (TPSA) is 49.9 Å². The number of amides is 2. The molecule has 1 aliphatic heterocycles. The molecule has 0 aromatic heterocycles. The monoisotopic (exact) mass is 298 g/mol. The number of rotatable bonds is 4. The van der Waals surface area contributed by atoms with E-state index in [0.29, 0.717) is 35.4 Å². The van der Waals surface area contributed by atoms with Crippen molar-refractivity contribution < 1.29 is 14.3 Å². The van der Waals surface area contributed by atoms with Crippen LogP contribution in [-0.2, 0) is 0 Å². The molecular formula is C17H18N2O3. The molecule has 114 valence electrons. The highest BCUT2D eigenvalue weighted by molar-refractivity contribution is 6.26. The van der Waals surface area contributed by atoms with Crippen molar-refractivity contribution in [3.8, 4) is 5.75 Å². The van der Waals surface area contributed by atoms with Gasteiger partial charge < -0.3 is 9.64 Å². The van der Waals surface area contributed by atoms with E-state index in [4.69, 9.17) is 4.74 Å². The van der Waals surface area contributed by atoms with E-state index in [1.807, 2.05) is 31.1 Å². The van der Waals surface area contributed by atoms with Crippen molar-refractivity contribution in [2.75, 3.05) is 34.3 Å². The zero-order valence-electron chi connectivity index (χ0n) is 12.9. The average molecular weight is 298 g/mol. The first-order valence-corrected chi connectivity index (χ1v) is 7.15. The number of likely N-dealkylation sites (N-methyl/N-ethyl adjacent to an activating group) is 1. The fourth-order valence-corrected chi connectivity index (χ4v) is 2.80. The van der Waals surface area contributed by atoms with E-state index >= 15 is 0 Å². The first-order valence-electron chi connectivity index (χ1n) is 7.15. The number of carbonyl (C=O) groups excluding carboxylic acids is 2. The third-order valence-corrected chi connectivity index (χ3v) is 3.94. The molecule has 0 bridgehead atoms. The molecule has 0 fully saturated rings. The van der Waals surface area contributed by atoms with Crippen molar-refractivity contribution >= 4 is 22.6 Å². The maximum absolute atomic E-state index is 12.7. The summed E-state index contributed by atoms with van der Waals surface area (Å²) in [6.45, 7) is 1.02. The van der Waals surface area contributed by atoms with Crippen LogP contribution >= 0.6 is 0 Å². The van der Waals surface area contributed by atoms with Gasteiger partial charge in [0.15, 0.2) is 0 Å². The average Bonchev–Trinajstić information content (AvgIpc) is 2.51. The molecule has 2 aromatic carbocycles. The summed E-state index contributed by atoms with van der Waals surface area (Å²) >= 11 is 0. The van der Waals surface area contributed by atoms with Crippen LogP contribution in [0, 0.1) is 0 Å². The predicted octanol–water partition coefficient (Wildman–Crippen LogP) is 2.01. The van der Waals surface area contributed by atoms with Crippen molar-refractivity contribution in [1.29, 1.82) is 0 Å². The smallest absolute Gasteiger partial charge is 0.261 e. The second-order valence-electron chi connectivity index (χ2n) is 5.61. The molecular weight excluding hydrogens is 280 g/mol. The molecule has 2 amide bonds. The number of methoxy groups -OCH3 is 1. The van der Waals surface area contributed by atoms with E-state index in [1.165, 1.54) is 4.90 Å². The number of imide groups is 1. The van der Waals surface area contributed by atoms with Crippen LogP contribution in [0.2, 0.25) is 0 Å². The Morgan fingerprint density at radius 3 is 2.36 bits per heavy atom. The van der Waals surface area contributed by atoms with Crippen LogP contribution < -0.4 is 4.74 Å². The second kappa shape index (κ2) is 5.42. The Kier molecular flexibility index (Phi) is 3.58. The van der Waals surface area contributed by atoms with E-state index in [0.717, 1.165) is 5.39 Å². The van der Waals surface area contributed by atoms with Gasteiger partial charge in [0.1, 0.15) is 5.75 Å². The summed E-state index contributed by atoms with van der Waals surface area (Å²) in [7, 11) is 5.41. The second-order valence-corrected chi connectivity index (χ2v) is 5.61. The summed E-state index contributed by atoms with van der Waals surface area (Å²) < 4.78 is 5.34. The van der Waals surface area contributed by atoms with Gasteiger partial charge in [0.2, 0.25) is 0 Å². The number of benzene rings is 2. The maximum atomic E-state index is 12.7. The van der Waals surface area contributed by atoms with E-state index < -0.39 is 0 Å². The lowest BCUT2D eigenvalue weighted by Gasteiger charge is -2.28. The molecule has 0 saturated heterocycles. The van der Waals surface area contributed by atoms with Gasteiger partial charge in [-0.2, -0.15) is 0 Å². The molecule has 5 nitrogen and oxygen atoms in total. The fourth-order valence-electron chi connectivity index (χ4n) is 2.80. The molecule has 1 heterocycles. The molecule has 0 N–H and O–H groups in total. The molecule has 2 aromatic rings. The van der Waals surface area contributed by atoms with Crippen molar-refractivity contribution in [3.05, 3.63) is 41.5 Å². The summed E-state index contributed by atoms with van der Waals surface area (Å²) in [6, 6.07) is 8.98. The third kappa shape index (κ3) is 2.14. The normalized spacial score (nSPS) is 14.1. The summed E-state index contributed by atoms with van der Waals surface area (Å²) in [5, 5.41) is 1.49. The van der Waals surface area contributed by atoms with Gasteiger partial charge in [-0.05, 0) is 32.3 Å². The summed E-state index contributed by atoms with van der Waals surface area (Å²) in [4.78, 5) is 28.6. The van der Waals surface area contributed by atoms with Gasteiger partial charge in [0.05, 0.1) is 7.11 Å². The van der Waals surface area contributed by atoms with Gasteiger partial charge in [-0.15, -0.1) is 0 Å². The van der Waals surface area contributed by atoms with Crippen LogP contribution in [0.5, 0.6) is 5.75 Å². The number of nitrogens with zero attached hydrogens (tertiary/aromatic N) is 2. The van der Waals surface area contributed by atoms with Crippen molar-refractivity contribution in [2.45, 2.75) is 0 Å². The van der Waals surface area contributed by atoms with E-state index in [1.54, 1.807) is 25.3 Å². The van der Waals surface area contributed by atoms with Crippen LogP contribution in [0.3, 0.4) is 0 Å². The molecule has 22 heavy (non-hydrogen) atoms. The lowest BCUT2D eigenvalue weighted by Crippen LogP contribution is -2.43. The summed E-state index contributed by atoms with van der Waals surface area (Å²) in [6.07, 6.45) is 0. The molecule has 0 radical (unpaired) electrons. The van der Waals surface area contributed by atoms with Crippen LogP contribution in [0.15, 0.2) is 30.3 Å². The molecule has 3 rings (SSSR count). The lowest BCUT2D eigenvalue weighted by molar-refractivity contribution is 0.0601. The van der Waals surface area contributed by atoms with Crippen molar-refractivity contribution in [3.63, 3.8) is 0 Å². The van der Waals surface area contributed by atoms with Crippen LogP contribution in [0.1, 0.15) is 20.7 Å². The van der Waals surface area contributed by atoms with Gasteiger partial charge in [-0.25, -0.2) is 0 Å². The fraction of sp³-hybridized carbons (Fsp3) is 0.294. The molecule has 0 unspecified atom stereocenters. The number of hydrogen-bond acceptors (Lipinski definition) is 4. The summed E-state index contributed by atoms with van der Waals surface area (Å²) in [5.41, 5.74) is 1.12. The van der Waals surface area contributed by atoms with Gasteiger partial charge in [-0.3, -0.25) is 14.5 Å². The predicted molar refractivity (Wildman–Crippen MR) is 84.4 cm³/mol. The van der Waals surface area contributed by atoms with Crippen molar-refractivity contribution in [2.24, 2.45) is 0 Å². The Bertz CT molecular complexity index is 746. The molecule has 0 spiro atoms. The molecule has 1 aliphatic rings. The highest BCUT2D eigenvalue weighted by Gasteiger charge is 2.33. The van der Waals surface area contributed by atoms with E-state index in [-0.39, 0.29) is 11.8 Å².